The molecule has 0 unspecified atom stereocenters. The lowest BCUT2D eigenvalue weighted by molar-refractivity contribution is -0.137. The molecule has 130 valence electrons. The van der Waals surface area contributed by atoms with E-state index in [0.717, 1.165) is 12.1 Å². The Balaban J connectivity index is 1.65. The van der Waals surface area contributed by atoms with Crippen LogP contribution in [0, 0.1) is 0 Å². The number of carbonyl (C=O) groups excluding carboxylic acids is 1. The van der Waals surface area contributed by atoms with Crippen LogP contribution in [-0.4, -0.2) is 10.5 Å². The monoisotopic (exact) mass is 350 g/mol. The first-order valence-electron chi connectivity index (χ1n) is 7.36. The second-order valence-corrected chi connectivity index (χ2v) is 5.39. The Morgan fingerprint density at radius 1 is 1.08 bits per heavy atom. The van der Waals surface area contributed by atoms with Crippen LogP contribution in [0.15, 0.2) is 57.7 Å². The first kappa shape index (κ1) is 16.8. The van der Waals surface area contributed by atoms with Gasteiger partial charge in [-0.15, -0.1) is 0 Å². The molecule has 0 bridgehead atoms. The van der Waals surface area contributed by atoms with Crippen LogP contribution in [0.3, 0.4) is 0 Å². The van der Waals surface area contributed by atoms with Crippen LogP contribution in [0.25, 0.3) is 11.1 Å². The summed E-state index contributed by atoms with van der Waals surface area (Å²) in [6.45, 7) is -0.183. The Kier molecular flexibility index (Phi) is 4.35. The molecule has 0 spiro atoms. The van der Waals surface area contributed by atoms with Crippen molar-refractivity contribution in [1.29, 1.82) is 0 Å². The van der Waals surface area contributed by atoms with E-state index >= 15 is 0 Å². The number of carbonyl (C=O) groups is 1. The van der Waals surface area contributed by atoms with E-state index in [1.807, 2.05) is 0 Å². The molecule has 0 atom stereocenters. The summed E-state index contributed by atoms with van der Waals surface area (Å²) >= 11 is 0. The van der Waals surface area contributed by atoms with Crippen LogP contribution < -0.4 is 11.1 Å². The van der Waals surface area contributed by atoms with Crippen LogP contribution in [0.4, 0.5) is 13.2 Å². The highest BCUT2D eigenvalue weighted by Gasteiger charge is 2.29. The zero-order valence-electron chi connectivity index (χ0n) is 12.8. The van der Waals surface area contributed by atoms with Crippen molar-refractivity contribution in [1.82, 2.24) is 9.88 Å². The summed E-state index contributed by atoms with van der Waals surface area (Å²) in [6.07, 6.45) is -4.40. The van der Waals surface area contributed by atoms with E-state index in [0.29, 0.717) is 16.7 Å². The largest absolute Gasteiger partial charge is 0.420 e. The number of oxazole rings is 1. The molecule has 1 amide bonds. The molecular weight excluding hydrogens is 337 g/mol. The van der Waals surface area contributed by atoms with E-state index in [9.17, 15) is 22.8 Å². The molecule has 5 nitrogen and oxygen atoms in total. The van der Waals surface area contributed by atoms with Crippen molar-refractivity contribution in [3.05, 3.63) is 70.2 Å². The number of amides is 1. The van der Waals surface area contributed by atoms with Gasteiger partial charge in [0.05, 0.1) is 11.1 Å². The molecule has 0 saturated heterocycles. The third kappa shape index (κ3) is 3.73. The van der Waals surface area contributed by atoms with Crippen molar-refractivity contribution in [3.63, 3.8) is 0 Å². The van der Waals surface area contributed by atoms with Gasteiger partial charge in [0, 0.05) is 6.54 Å². The fraction of sp³-hybridized carbons (Fsp3) is 0.176. The quantitative estimate of drug-likeness (QED) is 0.787. The maximum Gasteiger partial charge on any atom is 0.420 e. The van der Waals surface area contributed by atoms with Gasteiger partial charge in [-0.05, 0) is 29.8 Å². The predicted octanol–water partition coefficient (Wildman–Crippen LogP) is 2.93. The van der Waals surface area contributed by atoms with E-state index < -0.39 is 23.4 Å². The molecule has 0 aliphatic heterocycles. The van der Waals surface area contributed by atoms with E-state index in [4.69, 9.17) is 4.42 Å². The summed E-state index contributed by atoms with van der Waals surface area (Å²) in [5.74, 6) is -1.10. The molecule has 8 heteroatoms. The molecule has 0 saturated carbocycles. The predicted molar refractivity (Wildman–Crippen MR) is 83.8 cm³/mol. The number of rotatable bonds is 4. The van der Waals surface area contributed by atoms with Gasteiger partial charge in [0.1, 0.15) is 6.54 Å². The highest BCUT2D eigenvalue weighted by molar-refractivity contribution is 5.79. The number of halogens is 3. The third-order valence-corrected chi connectivity index (χ3v) is 3.65. The highest BCUT2D eigenvalue weighted by atomic mass is 19.4. The first-order valence-corrected chi connectivity index (χ1v) is 7.36. The molecule has 0 aliphatic carbocycles. The number of hydrogen-bond donors (Lipinski definition) is 1. The number of benzene rings is 2. The van der Waals surface area contributed by atoms with Gasteiger partial charge < -0.3 is 9.73 Å². The van der Waals surface area contributed by atoms with Crippen molar-refractivity contribution >= 4 is 17.0 Å². The number of alkyl halides is 3. The lowest BCUT2D eigenvalue weighted by Gasteiger charge is -2.09. The Morgan fingerprint density at radius 3 is 2.44 bits per heavy atom. The van der Waals surface area contributed by atoms with Crippen molar-refractivity contribution in [2.45, 2.75) is 19.3 Å². The van der Waals surface area contributed by atoms with Gasteiger partial charge >= 0.3 is 11.9 Å². The number of nitrogens with one attached hydrogen (secondary N) is 1. The number of nitrogens with zero attached hydrogens (tertiary/aromatic N) is 1. The summed E-state index contributed by atoms with van der Waals surface area (Å²) < 4.78 is 43.7. The van der Waals surface area contributed by atoms with Crippen LogP contribution in [0.1, 0.15) is 11.1 Å². The molecule has 3 aromatic rings. The number of para-hydroxylation sites is 2. The smallest absolute Gasteiger partial charge is 0.408 e. The van der Waals surface area contributed by atoms with E-state index in [2.05, 4.69) is 5.32 Å². The van der Waals surface area contributed by atoms with E-state index in [1.165, 1.54) is 16.7 Å². The Morgan fingerprint density at radius 2 is 1.76 bits per heavy atom. The molecule has 0 fully saturated rings. The SMILES string of the molecule is O=C(Cn1c(=O)oc2ccccc21)NCc1ccc(C(F)(F)F)cc1. The molecule has 3 rings (SSSR count). The third-order valence-electron chi connectivity index (χ3n) is 3.65. The topological polar surface area (TPSA) is 64.2 Å². The van der Waals surface area contributed by atoms with Crippen LogP contribution >= 0.6 is 0 Å². The molecule has 2 aromatic carbocycles. The fourth-order valence-electron chi connectivity index (χ4n) is 2.38. The summed E-state index contributed by atoms with van der Waals surface area (Å²) in [6, 6.07) is 11.2. The maximum absolute atomic E-state index is 12.5. The van der Waals surface area contributed by atoms with Crippen LogP contribution in [-0.2, 0) is 24.1 Å². The van der Waals surface area contributed by atoms with Gasteiger partial charge in [-0.25, -0.2) is 4.79 Å². The Hall–Kier alpha value is -3.03. The molecule has 1 heterocycles. The number of hydrogen-bond acceptors (Lipinski definition) is 3. The first-order chi connectivity index (χ1) is 11.8. The van der Waals surface area contributed by atoms with Gasteiger partial charge in [-0.2, -0.15) is 13.2 Å². The molecule has 1 aromatic heterocycles. The van der Waals surface area contributed by atoms with Gasteiger partial charge in [-0.1, -0.05) is 24.3 Å². The van der Waals surface area contributed by atoms with Crippen LogP contribution in [0.5, 0.6) is 0 Å². The highest BCUT2D eigenvalue weighted by Crippen LogP contribution is 2.29. The van der Waals surface area contributed by atoms with Gasteiger partial charge in [0.2, 0.25) is 5.91 Å². The summed E-state index contributed by atoms with van der Waals surface area (Å²) in [5, 5.41) is 2.57. The molecule has 25 heavy (non-hydrogen) atoms. The number of aromatic nitrogens is 1. The van der Waals surface area contributed by atoms with E-state index in [-0.39, 0.29) is 13.1 Å². The molecule has 0 aliphatic rings. The van der Waals surface area contributed by atoms with Crippen molar-refractivity contribution < 1.29 is 22.4 Å². The normalized spacial score (nSPS) is 11.6. The minimum atomic E-state index is -4.40. The second-order valence-electron chi connectivity index (χ2n) is 5.39. The standard InChI is InChI=1S/C17H13F3N2O3/c18-17(19,20)12-7-5-11(6-8-12)9-21-15(23)10-22-13-3-1-2-4-14(13)25-16(22)24/h1-8H,9-10H2,(H,21,23). The maximum atomic E-state index is 12.5. The Labute approximate surface area is 139 Å². The second kappa shape index (κ2) is 6.46. The average molecular weight is 350 g/mol. The number of fused-ring (bicyclic) bond motifs is 1. The lowest BCUT2D eigenvalue weighted by Crippen LogP contribution is -2.30. The zero-order valence-corrected chi connectivity index (χ0v) is 12.8. The minimum absolute atomic E-state index is 0.0570. The van der Waals surface area contributed by atoms with Gasteiger partial charge in [0.25, 0.3) is 0 Å². The lowest BCUT2D eigenvalue weighted by atomic mass is 10.1. The van der Waals surface area contributed by atoms with Gasteiger partial charge in [0.15, 0.2) is 5.58 Å². The molecule has 0 radical (unpaired) electrons. The minimum Gasteiger partial charge on any atom is -0.408 e. The van der Waals surface area contributed by atoms with Crippen molar-refractivity contribution in [2.24, 2.45) is 0 Å². The average Bonchev–Trinajstić information content (AvgIpc) is 2.88. The van der Waals surface area contributed by atoms with Crippen molar-refractivity contribution in [3.8, 4) is 0 Å². The summed E-state index contributed by atoms with van der Waals surface area (Å²) in [4.78, 5) is 23.8. The van der Waals surface area contributed by atoms with Crippen molar-refractivity contribution in [2.75, 3.05) is 0 Å². The Bertz CT molecular complexity index is 956. The van der Waals surface area contributed by atoms with Crippen LogP contribution in [0.2, 0.25) is 0 Å². The van der Waals surface area contributed by atoms with Gasteiger partial charge in [-0.3, -0.25) is 9.36 Å². The van der Waals surface area contributed by atoms with E-state index in [1.54, 1.807) is 24.3 Å². The summed E-state index contributed by atoms with van der Waals surface area (Å²) in [5.41, 5.74) is 0.643. The molecule has 1 N–H and O–H groups in total. The zero-order chi connectivity index (χ0) is 18.0. The fourth-order valence-corrected chi connectivity index (χ4v) is 2.38. The molecular formula is C17H13F3N2O3. The summed E-state index contributed by atoms with van der Waals surface area (Å²) in [7, 11) is 0.